The highest BCUT2D eigenvalue weighted by atomic mass is 32.2. The van der Waals surface area contributed by atoms with Gasteiger partial charge in [0.1, 0.15) is 21.3 Å². The molecule has 4 amide bonds. The number of carbonyl (C=O) groups excluding carboxylic acids is 2. The van der Waals surface area contributed by atoms with Crippen LogP contribution in [0.2, 0.25) is 0 Å². The van der Waals surface area contributed by atoms with Crippen molar-refractivity contribution in [2.45, 2.75) is 9.79 Å². The van der Waals surface area contributed by atoms with Crippen molar-refractivity contribution in [2.75, 3.05) is 21.3 Å². The highest BCUT2D eigenvalue weighted by Crippen LogP contribution is 2.26. The summed E-state index contributed by atoms with van der Waals surface area (Å²) in [5.41, 5.74) is 3.29. The van der Waals surface area contributed by atoms with Gasteiger partial charge in [0.25, 0.3) is 0 Å². The smallest absolute Gasteiger partial charge is 0.339 e. The summed E-state index contributed by atoms with van der Waals surface area (Å²) in [6, 6.07) is 28.5. The standard InChI is InChI=1S/C36H30N4O8S2/c1-3-25-14-18-27(19-15-25)37-35(41)39-29-8-5-10-31(22-29)47-49(43,44)33-12-7-13-34(24-33)50(45,46)48-32-11-6-9-30(23-32)40-36(42)38-28-20-16-26(4-2)17-21-28/h3-24H,1-2H2,(H2,37,39,41)(H2,38,40,42). The molecular weight excluding hydrogens is 681 g/mol. The van der Waals surface area contributed by atoms with Gasteiger partial charge < -0.3 is 29.6 Å². The van der Waals surface area contributed by atoms with Crippen molar-refractivity contribution in [1.82, 2.24) is 0 Å². The van der Waals surface area contributed by atoms with Gasteiger partial charge in [-0.05, 0) is 77.9 Å². The van der Waals surface area contributed by atoms with E-state index in [-0.39, 0.29) is 22.9 Å². The second-order valence-electron chi connectivity index (χ2n) is 10.4. The molecular formula is C36H30N4O8S2. The normalized spacial score (nSPS) is 11.0. The second-order valence-corrected chi connectivity index (χ2v) is 13.5. The first-order valence-corrected chi connectivity index (χ1v) is 17.5. The number of urea groups is 2. The average Bonchev–Trinajstić information content (AvgIpc) is 3.09. The highest BCUT2D eigenvalue weighted by molar-refractivity contribution is 7.88. The molecule has 0 spiro atoms. The number of rotatable bonds is 12. The molecule has 0 heterocycles. The topological polar surface area (TPSA) is 169 Å². The molecule has 5 aromatic carbocycles. The summed E-state index contributed by atoms with van der Waals surface area (Å²) in [4.78, 5) is 24.0. The van der Waals surface area contributed by atoms with Gasteiger partial charge in [-0.3, -0.25) is 0 Å². The minimum absolute atomic E-state index is 0.134. The Morgan fingerprint density at radius 2 is 0.840 bits per heavy atom. The van der Waals surface area contributed by atoms with Crippen LogP contribution >= 0.6 is 0 Å². The molecule has 0 radical (unpaired) electrons. The zero-order valence-electron chi connectivity index (χ0n) is 26.2. The summed E-state index contributed by atoms with van der Waals surface area (Å²) < 4.78 is 63.1. The molecule has 254 valence electrons. The van der Waals surface area contributed by atoms with Crippen LogP contribution in [0, 0.1) is 0 Å². The van der Waals surface area contributed by atoms with Crippen LogP contribution in [0.4, 0.5) is 32.3 Å². The number of hydrogen-bond donors (Lipinski definition) is 4. The van der Waals surface area contributed by atoms with Crippen LogP contribution in [-0.2, 0) is 20.2 Å². The molecule has 50 heavy (non-hydrogen) atoms. The van der Waals surface area contributed by atoms with Crippen LogP contribution in [0.5, 0.6) is 11.5 Å². The van der Waals surface area contributed by atoms with Gasteiger partial charge >= 0.3 is 32.3 Å². The van der Waals surface area contributed by atoms with Crippen LogP contribution < -0.4 is 29.6 Å². The lowest BCUT2D eigenvalue weighted by atomic mass is 10.2. The van der Waals surface area contributed by atoms with E-state index in [0.29, 0.717) is 11.4 Å². The summed E-state index contributed by atoms with van der Waals surface area (Å²) in [5, 5.41) is 10.5. The molecule has 0 aliphatic rings. The maximum absolute atomic E-state index is 13.2. The summed E-state index contributed by atoms with van der Waals surface area (Å²) in [7, 11) is -9.07. The van der Waals surface area contributed by atoms with E-state index < -0.39 is 42.1 Å². The molecule has 0 atom stereocenters. The van der Waals surface area contributed by atoms with Crippen molar-refractivity contribution >= 4 is 67.2 Å². The Hall–Kier alpha value is -6.38. The number of amides is 4. The molecule has 0 unspecified atom stereocenters. The van der Waals surface area contributed by atoms with E-state index in [1.165, 1.54) is 54.6 Å². The molecule has 0 aromatic heterocycles. The van der Waals surface area contributed by atoms with Crippen molar-refractivity contribution in [3.05, 3.63) is 146 Å². The zero-order valence-corrected chi connectivity index (χ0v) is 27.8. The Kier molecular flexibility index (Phi) is 10.6. The maximum atomic E-state index is 13.2. The first kappa shape index (κ1) is 34.9. The Morgan fingerprint density at radius 1 is 0.480 bits per heavy atom. The molecule has 4 N–H and O–H groups in total. The third-order valence-corrected chi connectivity index (χ3v) is 9.27. The fourth-order valence-electron chi connectivity index (χ4n) is 4.38. The van der Waals surface area contributed by atoms with Gasteiger partial charge in [0.15, 0.2) is 0 Å². The van der Waals surface area contributed by atoms with Crippen LogP contribution in [0.15, 0.2) is 144 Å². The minimum Gasteiger partial charge on any atom is -0.379 e. The first-order chi connectivity index (χ1) is 23.9. The van der Waals surface area contributed by atoms with Crippen LogP contribution in [0.1, 0.15) is 11.1 Å². The van der Waals surface area contributed by atoms with Gasteiger partial charge in [-0.25, -0.2) is 9.59 Å². The monoisotopic (exact) mass is 710 g/mol. The molecule has 5 rings (SSSR count). The van der Waals surface area contributed by atoms with Crippen molar-refractivity contribution in [2.24, 2.45) is 0 Å². The number of benzene rings is 5. The average molecular weight is 711 g/mol. The molecule has 0 saturated heterocycles. The van der Waals surface area contributed by atoms with Gasteiger partial charge in [-0.2, -0.15) is 16.8 Å². The highest BCUT2D eigenvalue weighted by Gasteiger charge is 2.23. The fraction of sp³-hybridized carbons (Fsp3) is 0. The minimum atomic E-state index is -4.54. The summed E-state index contributed by atoms with van der Waals surface area (Å²) in [6.45, 7) is 7.36. The zero-order chi connectivity index (χ0) is 35.7. The van der Waals surface area contributed by atoms with Crippen molar-refractivity contribution in [3.8, 4) is 11.5 Å². The fourth-order valence-corrected chi connectivity index (χ4v) is 6.39. The summed E-state index contributed by atoms with van der Waals surface area (Å²) in [5.74, 6) is -0.269. The summed E-state index contributed by atoms with van der Waals surface area (Å²) >= 11 is 0. The number of nitrogens with one attached hydrogen (secondary N) is 4. The summed E-state index contributed by atoms with van der Waals surface area (Å²) in [6.07, 6.45) is 3.34. The van der Waals surface area contributed by atoms with Crippen LogP contribution in [0.3, 0.4) is 0 Å². The van der Waals surface area contributed by atoms with E-state index in [0.717, 1.165) is 29.3 Å². The molecule has 12 nitrogen and oxygen atoms in total. The van der Waals surface area contributed by atoms with Gasteiger partial charge in [0.2, 0.25) is 0 Å². The van der Waals surface area contributed by atoms with Crippen molar-refractivity contribution in [1.29, 1.82) is 0 Å². The Balaban J connectivity index is 1.23. The Morgan fingerprint density at radius 3 is 1.22 bits per heavy atom. The molecule has 5 aromatic rings. The van der Waals surface area contributed by atoms with E-state index in [1.54, 1.807) is 60.7 Å². The quantitative estimate of drug-likeness (QED) is 0.0951. The third-order valence-electron chi connectivity index (χ3n) is 6.79. The van der Waals surface area contributed by atoms with Gasteiger partial charge in [-0.1, -0.05) is 67.8 Å². The molecule has 0 aliphatic heterocycles. The van der Waals surface area contributed by atoms with Crippen molar-refractivity contribution in [3.63, 3.8) is 0 Å². The Bertz CT molecular complexity index is 2120. The largest absolute Gasteiger partial charge is 0.379 e. The van der Waals surface area contributed by atoms with Gasteiger partial charge in [0, 0.05) is 34.9 Å². The Labute approximate surface area is 289 Å². The van der Waals surface area contributed by atoms with E-state index in [4.69, 9.17) is 8.37 Å². The SMILES string of the molecule is C=Cc1ccc(NC(=O)Nc2cccc(OS(=O)(=O)c3cccc(S(=O)(=O)Oc4cccc(NC(=O)Nc5ccc(C=C)cc5)c4)c3)c2)cc1. The van der Waals surface area contributed by atoms with Crippen LogP contribution in [0.25, 0.3) is 12.2 Å². The number of hydrogen-bond acceptors (Lipinski definition) is 8. The maximum Gasteiger partial charge on any atom is 0.339 e. The molecule has 0 bridgehead atoms. The molecule has 14 heteroatoms. The number of anilines is 4. The predicted molar refractivity (Wildman–Crippen MR) is 193 cm³/mol. The second kappa shape index (κ2) is 15.2. The van der Waals surface area contributed by atoms with E-state index in [9.17, 15) is 26.4 Å². The predicted octanol–water partition coefficient (Wildman–Crippen LogP) is 7.80. The van der Waals surface area contributed by atoms with E-state index in [2.05, 4.69) is 34.4 Å². The lowest BCUT2D eigenvalue weighted by Gasteiger charge is -2.12. The molecule has 0 saturated carbocycles. The lowest BCUT2D eigenvalue weighted by molar-refractivity contribution is 0.261. The van der Waals surface area contributed by atoms with Gasteiger partial charge in [0.05, 0.1) is 0 Å². The van der Waals surface area contributed by atoms with Gasteiger partial charge in [-0.15, -0.1) is 0 Å². The van der Waals surface area contributed by atoms with E-state index in [1.807, 2.05) is 0 Å². The number of carbonyl (C=O) groups is 2. The lowest BCUT2D eigenvalue weighted by Crippen LogP contribution is -2.19. The molecule has 0 fully saturated rings. The van der Waals surface area contributed by atoms with Crippen LogP contribution in [-0.4, -0.2) is 28.9 Å². The first-order valence-electron chi connectivity index (χ1n) is 14.7. The van der Waals surface area contributed by atoms with Crippen molar-refractivity contribution < 1.29 is 34.8 Å². The third kappa shape index (κ3) is 9.37. The van der Waals surface area contributed by atoms with E-state index >= 15 is 0 Å². The molecule has 0 aliphatic carbocycles.